The Morgan fingerprint density at radius 2 is 1.37 bits per heavy atom. The molecule has 0 N–H and O–H groups in total. The zero-order chi connectivity index (χ0) is 35.7. The monoisotopic (exact) mass is 876 g/mol. The molecule has 281 valence electrons. The number of pyridine rings is 1. The van der Waals surface area contributed by atoms with Gasteiger partial charge in [-0.05, 0) is 36.9 Å². The molecule has 52 heavy (non-hydrogen) atoms. The third-order valence-electron chi connectivity index (χ3n) is 11.7. The summed E-state index contributed by atoms with van der Waals surface area (Å²) in [6.45, 7) is 11.2. The molecule has 4 nitrogen and oxygen atoms in total. The summed E-state index contributed by atoms with van der Waals surface area (Å²) in [6, 6.07) is 22.0. The van der Waals surface area contributed by atoms with Crippen LogP contribution in [0, 0.1) is 6.07 Å². The molecule has 6 rings (SSSR count). The average molecular weight is 876 g/mol. The standard InChI is InChI=1S/C47H63N4.Ir/c1-6-8-10-12-14-21-31-47(32-22-15-13-11-9-7-2)40-26-20-19-25-38(40)39-29-27-36(33-41(39)47)42-30-28-37(34-48-42)44-49-43(35-23-17-16-18-24-35)50-45(51-44)46(3,4)5;/h19-20,25-26,28-30,33-35H,6-18,21-24,31-32H2,1-5H3;/q-1;. The summed E-state index contributed by atoms with van der Waals surface area (Å²) in [5, 5.41) is 0. The Balaban J connectivity index is 0.00000523. The van der Waals surface area contributed by atoms with Gasteiger partial charge in [-0.1, -0.05) is 178 Å². The van der Waals surface area contributed by atoms with Gasteiger partial charge in [0.25, 0.3) is 0 Å². The van der Waals surface area contributed by atoms with Crippen LogP contribution in [0.5, 0.6) is 0 Å². The number of benzene rings is 2. The molecular weight excluding hydrogens is 813 g/mol. The van der Waals surface area contributed by atoms with Crippen molar-refractivity contribution < 1.29 is 20.1 Å². The van der Waals surface area contributed by atoms with Crippen LogP contribution in [-0.4, -0.2) is 19.9 Å². The fourth-order valence-electron chi connectivity index (χ4n) is 8.70. The molecule has 0 bridgehead atoms. The molecule has 2 aliphatic rings. The van der Waals surface area contributed by atoms with Crippen molar-refractivity contribution in [3.8, 4) is 33.8 Å². The molecule has 2 aromatic heterocycles. The molecule has 0 atom stereocenters. The van der Waals surface area contributed by atoms with Crippen LogP contribution in [0.1, 0.15) is 185 Å². The second kappa shape index (κ2) is 19.0. The van der Waals surface area contributed by atoms with Crippen LogP contribution in [0.2, 0.25) is 0 Å². The van der Waals surface area contributed by atoms with Gasteiger partial charge in [0, 0.05) is 48.6 Å². The first-order valence-corrected chi connectivity index (χ1v) is 20.7. The van der Waals surface area contributed by atoms with E-state index in [9.17, 15) is 0 Å². The molecule has 0 amide bonds. The van der Waals surface area contributed by atoms with Gasteiger partial charge in [-0.25, -0.2) is 15.0 Å². The van der Waals surface area contributed by atoms with E-state index in [2.05, 4.69) is 89.2 Å². The zero-order valence-electron chi connectivity index (χ0n) is 32.8. The van der Waals surface area contributed by atoms with Crippen molar-refractivity contribution >= 4 is 0 Å². The van der Waals surface area contributed by atoms with E-state index in [1.807, 2.05) is 6.20 Å². The van der Waals surface area contributed by atoms with Crippen LogP contribution in [0.15, 0.2) is 54.7 Å². The normalized spacial score (nSPS) is 15.2. The minimum absolute atomic E-state index is 0. The van der Waals surface area contributed by atoms with Crippen molar-refractivity contribution in [1.29, 1.82) is 0 Å². The quantitative estimate of drug-likeness (QED) is 0.0783. The predicted molar refractivity (Wildman–Crippen MR) is 214 cm³/mol. The predicted octanol–water partition coefficient (Wildman–Crippen LogP) is 13.5. The van der Waals surface area contributed by atoms with Gasteiger partial charge >= 0.3 is 0 Å². The Labute approximate surface area is 329 Å². The van der Waals surface area contributed by atoms with E-state index in [1.165, 1.54) is 144 Å². The van der Waals surface area contributed by atoms with E-state index in [0.717, 1.165) is 34.3 Å². The number of rotatable bonds is 17. The summed E-state index contributed by atoms with van der Waals surface area (Å²) in [4.78, 5) is 20.1. The summed E-state index contributed by atoms with van der Waals surface area (Å²) in [5.41, 5.74) is 8.71. The second-order valence-corrected chi connectivity index (χ2v) is 16.7. The fraction of sp³-hybridized carbons (Fsp3) is 0.574. The summed E-state index contributed by atoms with van der Waals surface area (Å²) < 4.78 is 0. The first-order chi connectivity index (χ1) is 24.8. The first-order valence-electron chi connectivity index (χ1n) is 20.7. The van der Waals surface area contributed by atoms with E-state index in [0.29, 0.717) is 5.92 Å². The molecule has 4 aromatic rings. The van der Waals surface area contributed by atoms with Crippen molar-refractivity contribution in [1.82, 2.24) is 19.9 Å². The third kappa shape index (κ3) is 9.48. The Kier molecular flexibility index (Phi) is 14.8. The number of hydrogen-bond donors (Lipinski definition) is 0. The Bertz CT molecular complexity index is 1680. The van der Waals surface area contributed by atoms with Crippen molar-refractivity contribution in [2.75, 3.05) is 0 Å². The second-order valence-electron chi connectivity index (χ2n) is 16.7. The Morgan fingerprint density at radius 3 is 2.00 bits per heavy atom. The van der Waals surface area contributed by atoms with Gasteiger partial charge in [0.15, 0.2) is 5.82 Å². The van der Waals surface area contributed by atoms with Crippen LogP contribution in [0.25, 0.3) is 33.8 Å². The molecule has 2 aliphatic carbocycles. The van der Waals surface area contributed by atoms with Crippen molar-refractivity contribution in [3.63, 3.8) is 0 Å². The molecule has 5 heteroatoms. The van der Waals surface area contributed by atoms with E-state index >= 15 is 0 Å². The van der Waals surface area contributed by atoms with Gasteiger partial charge in [0.05, 0.1) is 0 Å². The van der Waals surface area contributed by atoms with Crippen molar-refractivity contribution in [3.05, 3.63) is 83.6 Å². The van der Waals surface area contributed by atoms with E-state index in [1.54, 1.807) is 0 Å². The smallest absolute Gasteiger partial charge is 0.164 e. The number of nitrogens with zero attached hydrogens (tertiary/aromatic N) is 4. The molecule has 1 radical (unpaired) electrons. The van der Waals surface area contributed by atoms with Gasteiger partial charge in [-0.3, -0.25) is 0 Å². The molecule has 0 aliphatic heterocycles. The van der Waals surface area contributed by atoms with Gasteiger partial charge in [0.1, 0.15) is 11.6 Å². The molecular formula is C47H63IrN4-. The van der Waals surface area contributed by atoms with Crippen LogP contribution in [0.4, 0.5) is 0 Å². The van der Waals surface area contributed by atoms with Gasteiger partial charge in [0.2, 0.25) is 0 Å². The van der Waals surface area contributed by atoms with Crippen molar-refractivity contribution in [2.45, 2.75) is 173 Å². The fourth-order valence-corrected chi connectivity index (χ4v) is 8.70. The Morgan fingerprint density at radius 1 is 0.712 bits per heavy atom. The summed E-state index contributed by atoms with van der Waals surface area (Å²) in [7, 11) is 0. The van der Waals surface area contributed by atoms with E-state index < -0.39 is 0 Å². The maximum absolute atomic E-state index is 5.07. The summed E-state index contributed by atoms with van der Waals surface area (Å²) >= 11 is 0. The summed E-state index contributed by atoms with van der Waals surface area (Å²) in [6.07, 6.45) is 26.5. The van der Waals surface area contributed by atoms with Gasteiger partial charge in [-0.15, -0.1) is 29.3 Å². The molecule has 0 spiro atoms. The van der Waals surface area contributed by atoms with Crippen LogP contribution in [-0.2, 0) is 30.9 Å². The third-order valence-corrected chi connectivity index (χ3v) is 11.7. The first kappa shape index (κ1) is 40.4. The Hall–Kier alpha value is -2.75. The van der Waals surface area contributed by atoms with Crippen LogP contribution in [0.3, 0.4) is 0 Å². The number of aromatic nitrogens is 4. The number of fused-ring (bicyclic) bond motifs is 3. The molecule has 1 saturated carbocycles. The minimum Gasteiger partial charge on any atom is -0.304 e. The maximum atomic E-state index is 5.07. The topological polar surface area (TPSA) is 51.6 Å². The molecule has 0 unspecified atom stereocenters. The SMILES string of the molecule is CCCCCCCCC1(CCCCCCCC)c2ccccc2-c2c[c-]c(-c3ccc(-c4nc(C5CCCCC5)nc(C(C)(C)C)n4)cn3)cc21.[Ir]. The molecule has 2 heterocycles. The molecule has 0 saturated heterocycles. The van der Waals surface area contributed by atoms with Gasteiger partial charge in [-0.2, -0.15) is 0 Å². The maximum Gasteiger partial charge on any atom is 0.164 e. The van der Waals surface area contributed by atoms with E-state index in [4.69, 9.17) is 19.9 Å². The average Bonchev–Trinajstić information content (AvgIpc) is 3.43. The van der Waals surface area contributed by atoms with Gasteiger partial charge < -0.3 is 4.98 Å². The zero-order valence-corrected chi connectivity index (χ0v) is 35.2. The van der Waals surface area contributed by atoms with Crippen LogP contribution >= 0.6 is 0 Å². The minimum atomic E-state index is -0.150. The molecule has 1 fully saturated rings. The molecule has 2 aromatic carbocycles. The number of hydrogen-bond acceptors (Lipinski definition) is 4. The summed E-state index contributed by atoms with van der Waals surface area (Å²) in [5.74, 6) is 3.01. The van der Waals surface area contributed by atoms with Crippen molar-refractivity contribution in [2.24, 2.45) is 0 Å². The number of unbranched alkanes of at least 4 members (excludes halogenated alkanes) is 10. The van der Waals surface area contributed by atoms with E-state index in [-0.39, 0.29) is 30.9 Å². The largest absolute Gasteiger partial charge is 0.304 e. The van der Waals surface area contributed by atoms with Crippen LogP contribution < -0.4 is 0 Å².